The van der Waals surface area contributed by atoms with Gasteiger partial charge in [-0.05, 0) is 88.3 Å². The average Bonchev–Trinajstić information content (AvgIpc) is 3.66. The molecule has 0 bridgehead atoms. The fourth-order valence-corrected chi connectivity index (χ4v) is 8.33. The summed E-state index contributed by atoms with van der Waals surface area (Å²) in [6.45, 7) is 4.33. The first-order valence-corrected chi connectivity index (χ1v) is 17.2. The summed E-state index contributed by atoms with van der Waals surface area (Å²) in [5.41, 5.74) is 11.8. The summed E-state index contributed by atoms with van der Waals surface area (Å²) in [7, 11) is 0. The molecule has 0 amide bonds. The second kappa shape index (κ2) is 11.0. The maximum atomic E-state index is 5.07. The van der Waals surface area contributed by atoms with Gasteiger partial charge in [0.05, 0.1) is 28.1 Å². The first-order chi connectivity index (χ1) is 24.7. The lowest BCUT2D eigenvalue weighted by Crippen LogP contribution is -1.98. The van der Waals surface area contributed by atoms with Gasteiger partial charge in [-0.15, -0.1) is 0 Å². The molecule has 236 valence electrons. The van der Waals surface area contributed by atoms with Gasteiger partial charge in [-0.1, -0.05) is 127 Å². The summed E-state index contributed by atoms with van der Waals surface area (Å²) in [6, 6.07) is 59.4. The molecule has 0 aliphatic heterocycles. The summed E-state index contributed by atoms with van der Waals surface area (Å²) in [5.74, 6) is 0. The van der Waals surface area contributed by atoms with Crippen LogP contribution in [0.3, 0.4) is 0 Å². The lowest BCUT2D eigenvalue weighted by molar-refractivity contribution is 0.834. The van der Waals surface area contributed by atoms with Gasteiger partial charge in [-0.25, -0.2) is 4.68 Å². The Morgan fingerprint density at radius 1 is 0.420 bits per heavy atom. The predicted octanol–water partition coefficient (Wildman–Crippen LogP) is 12.4. The van der Waals surface area contributed by atoms with Crippen LogP contribution < -0.4 is 0 Å². The van der Waals surface area contributed by atoms with Crippen molar-refractivity contribution in [1.29, 1.82) is 0 Å². The van der Waals surface area contributed by atoms with Gasteiger partial charge in [0, 0.05) is 33.0 Å². The van der Waals surface area contributed by atoms with Gasteiger partial charge in [0.15, 0.2) is 0 Å². The number of hydrogen-bond acceptors (Lipinski definition) is 1. The Bertz CT molecular complexity index is 2880. The number of benzene rings is 8. The van der Waals surface area contributed by atoms with E-state index in [1.807, 2.05) is 0 Å². The lowest BCUT2D eigenvalue weighted by Gasteiger charge is -2.18. The van der Waals surface area contributed by atoms with Crippen molar-refractivity contribution in [2.75, 3.05) is 0 Å². The van der Waals surface area contributed by atoms with E-state index in [0.29, 0.717) is 0 Å². The Morgan fingerprint density at radius 2 is 0.980 bits per heavy atom. The first-order valence-electron chi connectivity index (χ1n) is 17.2. The Hall–Kier alpha value is -6.45. The highest BCUT2D eigenvalue weighted by molar-refractivity contribution is 6.23. The summed E-state index contributed by atoms with van der Waals surface area (Å²) in [5, 5.41) is 15.0. The quantitative estimate of drug-likeness (QED) is 0.176. The van der Waals surface area contributed by atoms with Gasteiger partial charge in [0.2, 0.25) is 0 Å². The molecule has 0 saturated carbocycles. The van der Waals surface area contributed by atoms with E-state index in [9.17, 15) is 0 Å². The Kier molecular flexibility index (Phi) is 6.31. The van der Waals surface area contributed by atoms with Crippen LogP contribution in [-0.4, -0.2) is 14.3 Å². The number of para-hydroxylation sites is 2. The van der Waals surface area contributed by atoms with E-state index < -0.39 is 0 Å². The van der Waals surface area contributed by atoms with Crippen LogP contribution in [-0.2, 0) is 0 Å². The molecule has 0 unspecified atom stereocenters. The van der Waals surface area contributed by atoms with Crippen molar-refractivity contribution in [1.82, 2.24) is 14.3 Å². The molecule has 0 fully saturated rings. The second-order valence-corrected chi connectivity index (χ2v) is 13.2. The van der Waals surface area contributed by atoms with Gasteiger partial charge in [0.25, 0.3) is 0 Å². The maximum Gasteiger partial charge on any atom is 0.0679 e. The van der Waals surface area contributed by atoms with Crippen LogP contribution in [0.2, 0.25) is 0 Å². The maximum absolute atomic E-state index is 5.07. The molecule has 10 rings (SSSR count). The Labute approximate surface area is 290 Å². The number of fused-ring (bicyclic) bond motifs is 6. The zero-order chi connectivity index (χ0) is 33.3. The third-order valence-corrected chi connectivity index (χ3v) is 10.4. The van der Waals surface area contributed by atoms with E-state index in [1.165, 1.54) is 82.1 Å². The van der Waals surface area contributed by atoms with Crippen LogP contribution in [0.25, 0.3) is 87.8 Å². The van der Waals surface area contributed by atoms with Crippen LogP contribution in [0.4, 0.5) is 0 Å². The van der Waals surface area contributed by atoms with E-state index >= 15 is 0 Å². The van der Waals surface area contributed by atoms with Gasteiger partial charge < -0.3 is 4.57 Å². The van der Waals surface area contributed by atoms with Crippen molar-refractivity contribution in [3.63, 3.8) is 0 Å². The van der Waals surface area contributed by atoms with Crippen molar-refractivity contribution in [3.05, 3.63) is 175 Å². The smallest absolute Gasteiger partial charge is 0.0679 e. The van der Waals surface area contributed by atoms with Gasteiger partial charge >= 0.3 is 0 Å². The molecule has 10 aromatic rings. The number of aryl methyl sites for hydroxylation is 1. The van der Waals surface area contributed by atoms with E-state index in [0.717, 1.165) is 17.1 Å². The van der Waals surface area contributed by atoms with Crippen molar-refractivity contribution in [2.45, 2.75) is 13.8 Å². The zero-order valence-corrected chi connectivity index (χ0v) is 27.9. The molecular formula is C47H33N3. The summed E-state index contributed by atoms with van der Waals surface area (Å²) >= 11 is 0. The van der Waals surface area contributed by atoms with Crippen LogP contribution in [0.1, 0.15) is 11.4 Å². The minimum atomic E-state index is 1.03. The standard InChI is InChI=1S/C47H33N3/c1-30-45(31(2)50(48-30)34-17-4-3-5-18-34)47-39-23-10-8-21-37(39)46(38-22-9-11-24-40(38)47)33-27-28-44-41(29-33)36-20-12-13-25-43(36)49(44)42-26-14-16-32-15-6-7-19-35(32)42/h3-29H,1-2H3. The third-order valence-electron chi connectivity index (χ3n) is 10.4. The average molecular weight is 640 g/mol. The molecule has 0 spiro atoms. The SMILES string of the molecule is Cc1nn(-c2ccccc2)c(C)c1-c1c2ccccc2c(-c2ccc3c(c2)c2ccccc2n3-c2cccc3ccccc23)c2ccccc12. The molecule has 50 heavy (non-hydrogen) atoms. The largest absolute Gasteiger partial charge is 0.309 e. The van der Waals surface area contributed by atoms with Gasteiger partial charge in [-0.2, -0.15) is 5.10 Å². The minimum Gasteiger partial charge on any atom is -0.309 e. The zero-order valence-electron chi connectivity index (χ0n) is 27.9. The van der Waals surface area contributed by atoms with Crippen molar-refractivity contribution < 1.29 is 0 Å². The predicted molar refractivity (Wildman–Crippen MR) is 211 cm³/mol. The molecule has 2 heterocycles. The highest BCUT2D eigenvalue weighted by Crippen LogP contribution is 2.46. The molecule has 0 aliphatic carbocycles. The van der Waals surface area contributed by atoms with Crippen LogP contribution in [0.5, 0.6) is 0 Å². The monoisotopic (exact) mass is 639 g/mol. The van der Waals surface area contributed by atoms with Crippen molar-refractivity contribution >= 4 is 54.1 Å². The molecule has 0 radical (unpaired) electrons. The van der Waals surface area contributed by atoms with Gasteiger partial charge in [0.1, 0.15) is 0 Å². The fraction of sp³-hybridized carbons (Fsp3) is 0.0426. The molecule has 8 aromatic carbocycles. The molecule has 0 atom stereocenters. The van der Waals surface area contributed by atoms with Crippen molar-refractivity contribution in [2.24, 2.45) is 0 Å². The highest BCUT2D eigenvalue weighted by Gasteiger charge is 2.23. The molecule has 0 aliphatic rings. The van der Waals surface area contributed by atoms with Gasteiger partial charge in [-0.3, -0.25) is 0 Å². The lowest BCUT2D eigenvalue weighted by atomic mass is 9.85. The highest BCUT2D eigenvalue weighted by atomic mass is 15.3. The fourth-order valence-electron chi connectivity index (χ4n) is 8.33. The number of nitrogens with zero attached hydrogens (tertiary/aromatic N) is 3. The number of hydrogen-bond donors (Lipinski definition) is 0. The molecule has 3 heteroatoms. The van der Waals surface area contributed by atoms with Crippen LogP contribution in [0, 0.1) is 13.8 Å². The molecule has 2 aromatic heterocycles. The Morgan fingerprint density at radius 3 is 1.70 bits per heavy atom. The number of rotatable bonds is 4. The van der Waals surface area contributed by atoms with Crippen LogP contribution >= 0.6 is 0 Å². The minimum absolute atomic E-state index is 1.03. The normalized spacial score (nSPS) is 11.8. The summed E-state index contributed by atoms with van der Waals surface area (Å²) in [4.78, 5) is 0. The number of aromatic nitrogens is 3. The van der Waals surface area contributed by atoms with E-state index in [1.54, 1.807) is 0 Å². The second-order valence-electron chi connectivity index (χ2n) is 13.2. The molecule has 0 saturated heterocycles. The molecular weight excluding hydrogens is 607 g/mol. The summed E-state index contributed by atoms with van der Waals surface area (Å²) in [6.07, 6.45) is 0. The van der Waals surface area contributed by atoms with E-state index in [2.05, 4.69) is 187 Å². The Balaban J connectivity index is 1.26. The molecule has 3 nitrogen and oxygen atoms in total. The topological polar surface area (TPSA) is 22.8 Å². The first kappa shape index (κ1) is 28.6. The molecule has 0 N–H and O–H groups in total. The van der Waals surface area contributed by atoms with E-state index in [4.69, 9.17) is 5.10 Å². The van der Waals surface area contributed by atoms with Crippen LogP contribution in [0.15, 0.2) is 164 Å². The third kappa shape index (κ3) is 4.13. The summed E-state index contributed by atoms with van der Waals surface area (Å²) < 4.78 is 4.52. The van der Waals surface area contributed by atoms with E-state index in [-0.39, 0.29) is 0 Å². The van der Waals surface area contributed by atoms with Crippen molar-refractivity contribution in [3.8, 4) is 33.6 Å².